The molecule has 0 spiro atoms. The number of aliphatic imine (C=N–C) groups is 1. The topological polar surface area (TPSA) is 139 Å². The number of ether oxygens (including phenoxy) is 1. The monoisotopic (exact) mass is 444 g/mol. The SMILES string of the molecule is CC(C)CC(=Nc1ccc(COC(=O)C[C@H](N)C(=O)O)cc1)C1=C(O)CC(C)(C)CC1=O. The Bertz CT molecular complexity index is 928. The predicted molar refractivity (Wildman–Crippen MR) is 121 cm³/mol. The number of rotatable bonds is 9. The summed E-state index contributed by atoms with van der Waals surface area (Å²) in [6.07, 6.45) is 0.939. The average molecular weight is 445 g/mol. The van der Waals surface area contributed by atoms with Crippen LogP contribution in [0.4, 0.5) is 5.69 Å². The fourth-order valence-corrected chi connectivity index (χ4v) is 3.52. The molecule has 0 heterocycles. The van der Waals surface area contributed by atoms with Crippen molar-refractivity contribution in [3.63, 3.8) is 0 Å². The van der Waals surface area contributed by atoms with Crippen molar-refractivity contribution in [3.8, 4) is 0 Å². The molecule has 0 saturated carbocycles. The molecule has 174 valence electrons. The smallest absolute Gasteiger partial charge is 0.321 e. The van der Waals surface area contributed by atoms with E-state index in [1.165, 1.54) is 0 Å². The first-order valence-corrected chi connectivity index (χ1v) is 10.6. The van der Waals surface area contributed by atoms with E-state index in [2.05, 4.69) is 4.99 Å². The lowest BCUT2D eigenvalue weighted by atomic mass is 9.75. The molecule has 0 aliphatic heterocycles. The maximum atomic E-state index is 12.8. The Morgan fingerprint density at radius 2 is 1.78 bits per heavy atom. The van der Waals surface area contributed by atoms with Crippen molar-refractivity contribution in [3.05, 3.63) is 41.2 Å². The van der Waals surface area contributed by atoms with Crippen molar-refractivity contribution >= 4 is 29.1 Å². The molecule has 1 aliphatic carbocycles. The van der Waals surface area contributed by atoms with Gasteiger partial charge in [-0.1, -0.05) is 39.8 Å². The summed E-state index contributed by atoms with van der Waals surface area (Å²) in [6.45, 7) is 7.94. The summed E-state index contributed by atoms with van der Waals surface area (Å²) >= 11 is 0. The molecule has 8 nitrogen and oxygen atoms in total. The minimum absolute atomic E-state index is 0.0203. The minimum Gasteiger partial charge on any atom is -0.511 e. The second kappa shape index (κ2) is 10.5. The number of aliphatic carboxylic acids is 1. The summed E-state index contributed by atoms with van der Waals surface area (Å²) in [6, 6.07) is 5.65. The molecular formula is C24H32N2O6. The summed E-state index contributed by atoms with van der Waals surface area (Å²) in [5.74, 6) is -1.72. The highest BCUT2D eigenvalue weighted by Crippen LogP contribution is 2.37. The Hall–Kier alpha value is -3.00. The molecule has 0 saturated heterocycles. The van der Waals surface area contributed by atoms with E-state index >= 15 is 0 Å². The van der Waals surface area contributed by atoms with E-state index in [9.17, 15) is 19.5 Å². The lowest BCUT2D eigenvalue weighted by molar-refractivity contribution is -0.149. The lowest BCUT2D eigenvalue weighted by Crippen LogP contribution is -2.33. The van der Waals surface area contributed by atoms with Gasteiger partial charge in [-0.15, -0.1) is 0 Å². The van der Waals surface area contributed by atoms with Gasteiger partial charge in [-0.3, -0.25) is 19.4 Å². The largest absolute Gasteiger partial charge is 0.511 e. The van der Waals surface area contributed by atoms with Crippen molar-refractivity contribution in [2.45, 2.75) is 66.0 Å². The average Bonchev–Trinajstić information content (AvgIpc) is 2.65. The third-order valence-corrected chi connectivity index (χ3v) is 5.05. The number of hydrogen-bond donors (Lipinski definition) is 3. The first kappa shape index (κ1) is 25.3. The van der Waals surface area contributed by atoms with Crippen molar-refractivity contribution in [2.75, 3.05) is 0 Å². The van der Waals surface area contributed by atoms with Gasteiger partial charge in [0.25, 0.3) is 0 Å². The van der Waals surface area contributed by atoms with Crippen LogP contribution in [0.15, 0.2) is 40.6 Å². The number of carbonyl (C=O) groups is 3. The molecule has 0 unspecified atom stereocenters. The van der Waals surface area contributed by atoms with Crippen LogP contribution in [0.25, 0.3) is 0 Å². The summed E-state index contributed by atoms with van der Waals surface area (Å²) in [4.78, 5) is 39.8. The number of nitrogens with two attached hydrogens (primary N) is 1. The third kappa shape index (κ3) is 7.30. The highest BCUT2D eigenvalue weighted by Gasteiger charge is 2.35. The molecule has 32 heavy (non-hydrogen) atoms. The molecular weight excluding hydrogens is 412 g/mol. The van der Waals surface area contributed by atoms with Crippen LogP contribution >= 0.6 is 0 Å². The van der Waals surface area contributed by atoms with Crippen LogP contribution in [-0.2, 0) is 25.7 Å². The van der Waals surface area contributed by atoms with Gasteiger partial charge in [0.1, 0.15) is 18.4 Å². The fraction of sp³-hybridized carbons (Fsp3) is 0.500. The van der Waals surface area contributed by atoms with Crippen LogP contribution in [0.3, 0.4) is 0 Å². The number of carboxylic acid groups (broad SMARTS) is 1. The summed E-state index contributed by atoms with van der Waals surface area (Å²) in [7, 11) is 0. The number of carboxylic acids is 1. The van der Waals surface area contributed by atoms with Crippen LogP contribution in [0.1, 0.15) is 58.9 Å². The first-order valence-electron chi connectivity index (χ1n) is 10.6. The second-order valence-corrected chi connectivity index (χ2v) is 9.40. The van der Waals surface area contributed by atoms with Crippen molar-refractivity contribution < 1.29 is 29.3 Å². The van der Waals surface area contributed by atoms with E-state index in [1.807, 2.05) is 27.7 Å². The summed E-state index contributed by atoms with van der Waals surface area (Å²) < 4.78 is 5.06. The number of allylic oxidation sites excluding steroid dienone is 2. The molecule has 0 amide bonds. The number of esters is 1. The van der Waals surface area contributed by atoms with E-state index in [0.717, 1.165) is 0 Å². The number of Topliss-reactive ketones (excluding diaryl/α,β-unsaturated/α-hetero) is 1. The van der Waals surface area contributed by atoms with Crippen LogP contribution in [0.2, 0.25) is 0 Å². The van der Waals surface area contributed by atoms with Crippen molar-refractivity contribution in [1.82, 2.24) is 0 Å². The molecule has 2 rings (SSSR count). The lowest BCUT2D eigenvalue weighted by Gasteiger charge is -2.30. The first-order chi connectivity index (χ1) is 14.9. The predicted octanol–water partition coefficient (Wildman–Crippen LogP) is 3.85. The highest BCUT2D eigenvalue weighted by atomic mass is 16.5. The summed E-state index contributed by atoms with van der Waals surface area (Å²) in [5, 5.41) is 19.3. The second-order valence-electron chi connectivity index (χ2n) is 9.40. The van der Waals surface area contributed by atoms with E-state index in [-0.39, 0.29) is 29.5 Å². The molecule has 0 aromatic heterocycles. The van der Waals surface area contributed by atoms with Gasteiger partial charge in [-0.2, -0.15) is 0 Å². The van der Waals surface area contributed by atoms with Gasteiger partial charge in [0, 0.05) is 12.8 Å². The van der Waals surface area contributed by atoms with Gasteiger partial charge >= 0.3 is 11.9 Å². The molecule has 0 radical (unpaired) electrons. The van der Waals surface area contributed by atoms with Crippen LogP contribution in [0, 0.1) is 11.3 Å². The third-order valence-electron chi connectivity index (χ3n) is 5.05. The number of aliphatic hydroxyl groups excluding tert-OH is 1. The Labute approximate surface area is 188 Å². The van der Waals surface area contributed by atoms with Crippen LogP contribution < -0.4 is 5.73 Å². The maximum absolute atomic E-state index is 12.8. The number of benzene rings is 1. The number of hydrogen-bond acceptors (Lipinski definition) is 7. The van der Waals surface area contributed by atoms with E-state index < -0.39 is 24.4 Å². The Morgan fingerprint density at radius 3 is 2.31 bits per heavy atom. The highest BCUT2D eigenvalue weighted by molar-refractivity contribution is 6.23. The molecule has 1 atom stereocenters. The van der Waals surface area contributed by atoms with Gasteiger partial charge in [0.2, 0.25) is 0 Å². The number of ketones is 1. The standard InChI is InChI=1S/C24H32N2O6/c1-14(2)9-18(22-19(27)11-24(3,4)12-20(22)28)26-16-7-5-15(6-8-16)13-32-21(29)10-17(25)23(30)31/h5-8,14,17,27H,9-13,25H2,1-4H3,(H,30,31)/t17-/m0/s1. The fourth-order valence-electron chi connectivity index (χ4n) is 3.52. The van der Waals surface area contributed by atoms with E-state index in [1.54, 1.807) is 24.3 Å². The van der Waals surface area contributed by atoms with Crippen molar-refractivity contribution in [1.29, 1.82) is 0 Å². The van der Waals surface area contributed by atoms with Gasteiger partial charge < -0.3 is 20.7 Å². The molecule has 1 aromatic rings. The number of nitrogens with zero attached hydrogens (tertiary/aromatic N) is 1. The van der Waals surface area contributed by atoms with Crippen LogP contribution in [-0.4, -0.2) is 39.7 Å². The number of carbonyl (C=O) groups excluding carboxylic acids is 2. The number of aliphatic hydroxyl groups is 1. The van der Waals surface area contributed by atoms with Gasteiger partial charge in [0.05, 0.1) is 23.4 Å². The zero-order chi connectivity index (χ0) is 24.1. The Balaban J connectivity index is 2.16. The Morgan fingerprint density at radius 1 is 1.16 bits per heavy atom. The zero-order valence-corrected chi connectivity index (χ0v) is 19.1. The van der Waals surface area contributed by atoms with E-state index in [0.29, 0.717) is 41.8 Å². The maximum Gasteiger partial charge on any atom is 0.321 e. The molecule has 0 fully saturated rings. The van der Waals surface area contributed by atoms with Gasteiger partial charge in [-0.25, -0.2) is 0 Å². The zero-order valence-electron chi connectivity index (χ0n) is 19.1. The Kier molecular flexibility index (Phi) is 8.32. The van der Waals surface area contributed by atoms with Gasteiger partial charge in [-0.05, 0) is 35.4 Å². The quantitative estimate of drug-likeness (QED) is 0.388. The molecule has 0 bridgehead atoms. The molecule has 8 heteroatoms. The molecule has 1 aliphatic rings. The van der Waals surface area contributed by atoms with Gasteiger partial charge in [0.15, 0.2) is 5.78 Å². The normalized spacial score (nSPS) is 17.4. The van der Waals surface area contributed by atoms with Crippen LogP contribution in [0.5, 0.6) is 0 Å². The molecule has 4 N–H and O–H groups in total. The van der Waals surface area contributed by atoms with E-state index in [4.69, 9.17) is 15.6 Å². The molecule has 1 aromatic carbocycles. The van der Waals surface area contributed by atoms with Crippen molar-refractivity contribution in [2.24, 2.45) is 22.1 Å². The minimum atomic E-state index is -1.29. The summed E-state index contributed by atoms with van der Waals surface area (Å²) in [5.41, 5.74) is 7.25.